The molecule has 2 aromatic rings. The van der Waals surface area contributed by atoms with Crippen LogP contribution < -0.4 is 5.43 Å². The van der Waals surface area contributed by atoms with Gasteiger partial charge in [0.1, 0.15) is 5.75 Å². The van der Waals surface area contributed by atoms with Crippen molar-refractivity contribution in [2.75, 3.05) is 0 Å². The van der Waals surface area contributed by atoms with Gasteiger partial charge in [-0.15, -0.1) is 0 Å². The lowest BCUT2D eigenvalue weighted by Crippen LogP contribution is -2.19. The minimum Gasteiger partial charge on any atom is -0.506 e. The first-order valence-electron chi connectivity index (χ1n) is 6.10. The molecule has 0 aromatic heterocycles. The second kappa shape index (κ2) is 7.74. The number of carbonyl (C=O) groups excluding carboxylic acids is 1. The van der Waals surface area contributed by atoms with E-state index in [1.54, 1.807) is 18.3 Å². The van der Waals surface area contributed by atoms with Crippen molar-refractivity contribution in [2.45, 2.75) is 6.42 Å². The molecule has 0 aliphatic heterocycles. The van der Waals surface area contributed by atoms with Crippen LogP contribution in [0.15, 0.2) is 47.6 Å². The summed E-state index contributed by atoms with van der Waals surface area (Å²) in [6.45, 7) is 0. The molecule has 0 unspecified atom stereocenters. The third kappa shape index (κ3) is 4.95. The number of nitrogens with one attached hydrogen (secondary N) is 1. The number of phenols is 1. The molecule has 4 nitrogen and oxygen atoms in total. The molecule has 0 heterocycles. The van der Waals surface area contributed by atoms with Gasteiger partial charge >= 0.3 is 0 Å². The Balaban J connectivity index is 1.95. The van der Waals surface area contributed by atoms with Crippen molar-refractivity contribution in [2.24, 2.45) is 5.10 Å². The molecule has 2 aromatic carbocycles. The number of rotatable bonds is 4. The van der Waals surface area contributed by atoms with E-state index in [9.17, 15) is 9.90 Å². The summed E-state index contributed by atoms with van der Waals surface area (Å²) >= 11 is 4.10. The fourth-order valence-corrected chi connectivity index (χ4v) is 3.48. The highest BCUT2D eigenvalue weighted by atomic mass is 127. The average molecular weight is 506 g/mol. The molecule has 6 heteroatoms. The first-order chi connectivity index (χ1) is 10.1. The van der Waals surface area contributed by atoms with Crippen molar-refractivity contribution in [1.29, 1.82) is 0 Å². The highest BCUT2D eigenvalue weighted by molar-refractivity contribution is 14.1. The van der Waals surface area contributed by atoms with Crippen molar-refractivity contribution in [3.8, 4) is 5.75 Å². The molecule has 0 fully saturated rings. The van der Waals surface area contributed by atoms with Crippen LogP contribution in [-0.4, -0.2) is 17.2 Å². The second-order valence-electron chi connectivity index (χ2n) is 4.29. The van der Waals surface area contributed by atoms with Gasteiger partial charge in [0.15, 0.2) is 0 Å². The van der Waals surface area contributed by atoms with Crippen molar-refractivity contribution in [1.82, 2.24) is 5.43 Å². The number of carbonyl (C=O) groups is 1. The largest absolute Gasteiger partial charge is 0.506 e. The number of phenolic OH excluding ortho intramolecular Hbond substituents is 1. The highest BCUT2D eigenvalue weighted by Gasteiger charge is 2.05. The summed E-state index contributed by atoms with van der Waals surface area (Å²) in [5.41, 5.74) is 4.26. The zero-order valence-electron chi connectivity index (χ0n) is 10.9. The molecular weight excluding hydrogens is 494 g/mol. The maximum atomic E-state index is 11.7. The molecule has 0 saturated heterocycles. The Labute approximate surface area is 149 Å². The number of hydrogen-bond acceptors (Lipinski definition) is 3. The Bertz CT molecular complexity index is 650. The highest BCUT2D eigenvalue weighted by Crippen LogP contribution is 2.26. The van der Waals surface area contributed by atoms with Crippen LogP contribution in [0.4, 0.5) is 0 Å². The van der Waals surface area contributed by atoms with E-state index < -0.39 is 0 Å². The maximum Gasteiger partial charge on any atom is 0.244 e. The Morgan fingerprint density at radius 2 is 1.81 bits per heavy atom. The zero-order valence-corrected chi connectivity index (χ0v) is 15.2. The Morgan fingerprint density at radius 3 is 2.43 bits per heavy atom. The van der Waals surface area contributed by atoms with Crippen molar-refractivity contribution >= 4 is 57.3 Å². The van der Waals surface area contributed by atoms with Gasteiger partial charge in [0, 0.05) is 0 Å². The molecule has 0 atom stereocenters. The smallest absolute Gasteiger partial charge is 0.244 e. The summed E-state index contributed by atoms with van der Waals surface area (Å²) in [6.07, 6.45) is 1.86. The zero-order chi connectivity index (χ0) is 15.2. The maximum absolute atomic E-state index is 11.7. The number of hydrazone groups is 1. The van der Waals surface area contributed by atoms with Crippen LogP contribution in [-0.2, 0) is 11.2 Å². The first kappa shape index (κ1) is 16.2. The molecule has 0 radical (unpaired) electrons. The summed E-state index contributed by atoms with van der Waals surface area (Å²) in [5, 5.41) is 13.6. The minimum atomic E-state index is -0.166. The lowest BCUT2D eigenvalue weighted by molar-refractivity contribution is -0.120. The number of halogens is 2. The van der Waals surface area contributed by atoms with Gasteiger partial charge in [0.25, 0.3) is 0 Å². The lowest BCUT2D eigenvalue weighted by Gasteiger charge is -2.02. The third-order valence-corrected chi connectivity index (χ3v) is 4.29. The van der Waals surface area contributed by atoms with Crippen molar-refractivity contribution in [3.05, 3.63) is 60.7 Å². The van der Waals surface area contributed by atoms with E-state index in [0.29, 0.717) is 6.42 Å². The van der Waals surface area contributed by atoms with E-state index in [1.807, 2.05) is 30.3 Å². The van der Waals surface area contributed by atoms with Crippen molar-refractivity contribution in [3.63, 3.8) is 0 Å². The Morgan fingerprint density at radius 1 is 1.19 bits per heavy atom. The van der Waals surface area contributed by atoms with Crippen molar-refractivity contribution < 1.29 is 9.90 Å². The first-order valence-corrected chi connectivity index (χ1v) is 8.26. The van der Waals surface area contributed by atoms with E-state index in [1.165, 1.54) is 0 Å². The van der Waals surface area contributed by atoms with Crippen LogP contribution in [0.25, 0.3) is 0 Å². The van der Waals surface area contributed by atoms with Crippen LogP contribution >= 0.6 is 45.2 Å². The SMILES string of the molecule is O=C(Cc1ccccc1)N/N=C/c1cc(I)c(O)c(I)c1. The Hall–Kier alpha value is -1.16. The number of aromatic hydroxyl groups is 1. The molecular formula is C15H12I2N2O2. The van der Waals surface area contributed by atoms with Gasteiger partial charge in [0.05, 0.1) is 19.8 Å². The Kier molecular flexibility index (Phi) is 5.97. The van der Waals surface area contributed by atoms with E-state index >= 15 is 0 Å². The molecule has 2 N–H and O–H groups in total. The molecule has 1 amide bonds. The fourth-order valence-electron chi connectivity index (χ4n) is 1.66. The van der Waals surface area contributed by atoms with Gasteiger partial charge in [-0.3, -0.25) is 4.79 Å². The molecule has 0 aliphatic rings. The summed E-state index contributed by atoms with van der Waals surface area (Å²) in [5.74, 6) is 0.0992. The lowest BCUT2D eigenvalue weighted by atomic mass is 10.1. The minimum absolute atomic E-state index is 0.166. The van der Waals surface area contributed by atoms with Gasteiger partial charge in [-0.25, -0.2) is 5.43 Å². The number of amides is 1. The van der Waals surface area contributed by atoms with Gasteiger partial charge in [-0.1, -0.05) is 30.3 Å². The van der Waals surface area contributed by atoms with E-state index in [4.69, 9.17) is 0 Å². The topological polar surface area (TPSA) is 61.7 Å². The van der Waals surface area contributed by atoms with E-state index in [2.05, 4.69) is 55.7 Å². The molecule has 108 valence electrons. The van der Waals surface area contributed by atoms with Crippen LogP contribution in [0.1, 0.15) is 11.1 Å². The molecule has 0 saturated carbocycles. The van der Waals surface area contributed by atoms with Gasteiger partial charge in [-0.05, 0) is 68.4 Å². The van der Waals surface area contributed by atoms with E-state index in [-0.39, 0.29) is 11.7 Å². The van der Waals surface area contributed by atoms with Crippen LogP contribution in [0.2, 0.25) is 0 Å². The molecule has 2 rings (SSSR count). The summed E-state index contributed by atoms with van der Waals surface area (Å²) in [6, 6.07) is 13.1. The number of nitrogens with zero attached hydrogens (tertiary/aromatic N) is 1. The van der Waals surface area contributed by atoms with Crippen LogP contribution in [0, 0.1) is 7.14 Å². The predicted octanol–water partition coefficient (Wildman–Crippen LogP) is 3.29. The molecule has 0 spiro atoms. The fraction of sp³-hybridized carbons (Fsp3) is 0.0667. The van der Waals surface area contributed by atoms with Gasteiger partial charge in [-0.2, -0.15) is 5.10 Å². The molecule has 21 heavy (non-hydrogen) atoms. The average Bonchev–Trinajstić information content (AvgIpc) is 2.45. The normalized spacial score (nSPS) is 10.8. The summed E-state index contributed by atoms with van der Waals surface area (Å²) in [4.78, 5) is 11.7. The quantitative estimate of drug-likeness (QED) is 0.380. The van der Waals surface area contributed by atoms with Crippen LogP contribution in [0.5, 0.6) is 5.75 Å². The summed E-state index contributed by atoms with van der Waals surface area (Å²) in [7, 11) is 0. The standard InChI is InChI=1S/C15H12I2N2O2/c16-12-6-11(7-13(17)15(12)21)9-18-19-14(20)8-10-4-2-1-3-5-10/h1-7,9,21H,8H2,(H,19,20)/b18-9+. The molecule has 0 bridgehead atoms. The number of hydrogen-bond donors (Lipinski definition) is 2. The van der Waals surface area contributed by atoms with Gasteiger partial charge < -0.3 is 5.11 Å². The van der Waals surface area contributed by atoms with Gasteiger partial charge in [0.2, 0.25) is 5.91 Å². The summed E-state index contributed by atoms with van der Waals surface area (Å²) < 4.78 is 1.49. The monoisotopic (exact) mass is 506 g/mol. The predicted molar refractivity (Wildman–Crippen MR) is 99.4 cm³/mol. The molecule has 0 aliphatic carbocycles. The third-order valence-electron chi connectivity index (χ3n) is 2.65. The number of benzene rings is 2. The van der Waals surface area contributed by atoms with Crippen LogP contribution in [0.3, 0.4) is 0 Å². The second-order valence-corrected chi connectivity index (χ2v) is 6.61. The van der Waals surface area contributed by atoms with E-state index in [0.717, 1.165) is 18.3 Å².